The van der Waals surface area contributed by atoms with E-state index < -0.39 is 0 Å². The Bertz CT molecular complexity index is 973. The number of nitrogens with zero attached hydrogens (tertiary/aromatic N) is 4. The van der Waals surface area contributed by atoms with Crippen molar-refractivity contribution >= 4 is 29.9 Å². The highest BCUT2D eigenvalue weighted by atomic mass is 127. The van der Waals surface area contributed by atoms with Crippen LogP contribution in [0, 0.1) is 0 Å². The molecule has 2 heterocycles. The first-order valence-corrected chi connectivity index (χ1v) is 10.0. The van der Waals surface area contributed by atoms with Gasteiger partial charge in [0.2, 0.25) is 0 Å². The molecule has 0 amide bonds. The van der Waals surface area contributed by atoms with Gasteiger partial charge in [0.05, 0.1) is 6.61 Å². The Morgan fingerprint density at radius 2 is 2.03 bits per heavy atom. The second-order valence-corrected chi connectivity index (χ2v) is 6.87. The lowest BCUT2D eigenvalue weighted by molar-refractivity contribution is 0.357. The lowest BCUT2D eigenvalue weighted by Crippen LogP contribution is -2.38. The predicted molar refractivity (Wildman–Crippen MR) is 129 cm³/mol. The zero-order valence-electron chi connectivity index (χ0n) is 17.0. The first kappa shape index (κ1) is 22.1. The van der Waals surface area contributed by atoms with Crippen LogP contribution in [0.4, 0.5) is 0 Å². The Kier molecular flexibility index (Phi) is 8.06. The van der Waals surface area contributed by atoms with Crippen LogP contribution in [0.25, 0.3) is 5.69 Å². The summed E-state index contributed by atoms with van der Waals surface area (Å²) in [6.45, 7) is 4.90. The highest BCUT2D eigenvalue weighted by molar-refractivity contribution is 14.0. The van der Waals surface area contributed by atoms with E-state index in [0.29, 0.717) is 6.54 Å². The Morgan fingerprint density at radius 1 is 1.17 bits per heavy atom. The van der Waals surface area contributed by atoms with Gasteiger partial charge in [-0.2, -0.15) is 0 Å². The molecule has 0 saturated carbocycles. The van der Waals surface area contributed by atoms with Crippen molar-refractivity contribution in [2.24, 2.45) is 4.99 Å². The van der Waals surface area contributed by atoms with Crippen molar-refractivity contribution in [3.8, 4) is 11.4 Å². The molecule has 158 valence electrons. The topological polar surface area (TPSA) is 76.4 Å². The fourth-order valence-electron chi connectivity index (χ4n) is 3.38. The molecule has 1 aromatic heterocycles. The van der Waals surface area contributed by atoms with Crippen LogP contribution in [0.1, 0.15) is 23.9 Å². The third-order valence-electron chi connectivity index (χ3n) is 4.84. The predicted octanol–water partition coefficient (Wildman–Crippen LogP) is 3.12. The standard InChI is InChI=1S/C22H26N6O.HI/c1-2-23-22(24-12-10-17-8-9-20-18(14-17)11-13-29-20)25-15-21-27-26-16-28(21)19-6-4-3-5-7-19;/h3-9,14,16H,2,10-13,15H2,1H3,(H2,23,24,25);1H. The van der Waals surface area contributed by atoms with Gasteiger partial charge in [-0.05, 0) is 42.7 Å². The number of ether oxygens (including phenoxy) is 1. The van der Waals surface area contributed by atoms with Gasteiger partial charge in [-0.3, -0.25) is 4.57 Å². The normalized spacial score (nSPS) is 12.6. The zero-order valence-corrected chi connectivity index (χ0v) is 19.4. The molecule has 0 radical (unpaired) electrons. The summed E-state index contributed by atoms with van der Waals surface area (Å²) < 4.78 is 7.54. The second kappa shape index (κ2) is 11.0. The van der Waals surface area contributed by atoms with Gasteiger partial charge in [-0.1, -0.05) is 30.3 Å². The van der Waals surface area contributed by atoms with E-state index in [0.717, 1.165) is 55.8 Å². The SMILES string of the molecule is CCNC(=NCc1nncn1-c1ccccc1)NCCc1ccc2c(c1)CCO2.I. The first-order chi connectivity index (χ1) is 14.3. The summed E-state index contributed by atoms with van der Waals surface area (Å²) >= 11 is 0. The van der Waals surface area contributed by atoms with Crippen molar-refractivity contribution in [2.45, 2.75) is 26.3 Å². The number of para-hydroxylation sites is 1. The van der Waals surface area contributed by atoms with Gasteiger partial charge in [-0.15, -0.1) is 34.2 Å². The molecule has 7 nitrogen and oxygen atoms in total. The van der Waals surface area contributed by atoms with E-state index in [1.165, 1.54) is 11.1 Å². The van der Waals surface area contributed by atoms with Gasteiger partial charge >= 0.3 is 0 Å². The third-order valence-corrected chi connectivity index (χ3v) is 4.84. The molecular formula is C22H27IN6O. The molecule has 30 heavy (non-hydrogen) atoms. The first-order valence-electron chi connectivity index (χ1n) is 10.0. The Balaban J connectivity index is 0.00000256. The minimum atomic E-state index is 0. The number of aromatic nitrogens is 3. The minimum Gasteiger partial charge on any atom is -0.493 e. The van der Waals surface area contributed by atoms with Crippen LogP contribution in [0.2, 0.25) is 0 Å². The molecule has 8 heteroatoms. The number of hydrogen-bond acceptors (Lipinski definition) is 4. The minimum absolute atomic E-state index is 0. The fraction of sp³-hybridized carbons (Fsp3) is 0.318. The summed E-state index contributed by atoms with van der Waals surface area (Å²) in [6, 6.07) is 16.5. The van der Waals surface area contributed by atoms with Gasteiger partial charge in [0.1, 0.15) is 18.6 Å². The Morgan fingerprint density at radius 3 is 2.87 bits per heavy atom. The number of aliphatic imine (C=N–C) groups is 1. The van der Waals surface area contributed by atoms with E-state index >= 15 is 0 Å². The molecule has 2 aromatic carbocycles. The smallest absolute Gasteiger partial charge is 0.191 e. The molecule has 0 saturated heterocycles. The average molecular weight is 518 g/mol. The molecule has 4 rings (SSSR count). The quantitative estimate of drug-likeness (QED) is 0.286. The van der Waals surface area contributed by atoms with Crippen LogP contribution in [-0.2, 0) is 19.4 Å². The summed E-state index contributed by atoms with van der Waals surface area (Å²) in [5.41, 5.74) is 3.64. The van der Waals surface area contributed by atoms with Crippen LogP contribution >= 0.6 is 24.0 Å². The van der Waals surface area contributed by atoms with Gasteiger partial charge < -0.3 is 15.4 Å². The Hall–Kier alpha value is -2.62. The van der Waals surface area contributed by atoms with Crippen LogP contribution in [0.3, 0.4) is 0 Å². The van der Waals surface area contributed by atoms with Crippen LogP contribution in [0.15, 0.2) is 59.9 Å². The van der Waals surface area contributed by atoms with Crippen LogP contribution in [0.5, 0.6) is 5.75 Å². The largest absolute Gasteiger partial charge is 0.493 e. The maximum absolute atomic E-state index is 5.58. The van der Waals surface area contributed by atoms with Crippen molar-refractivity contribution < 1.29 is 4.74 Å². The number of fused-ring (bicyclic) bond motifs is 1. The molecule has 0 atom stereocenters. The molecular weight excluding hydrogens is 491 g/mol. The van der Waals surface area contributed by atoms with Gasteiger partial charge in [0, 0.05) is 25.2 Å². The zero-order chi connectivity index (χ0) is 19.9. The summed E-state index contributed by atoms with van der Waals surface area (Å²) in [7, 11) is 0. The van der Waals surface area contributed by atoms with Crippen molar-refractivity contribution in [1.82, 2.24) is 25.4 Å². The number of halogens is 1. The third kappa shape index (κ3) is 5.50. The highest BCUT2D eigenvalue weighted by Gasteiger charge is 2.12. The van der Waals surface area contributed by atoms with Crippen molar-refractivity contribution in [1.29, 1.82) is 0 Å². The van der Waals surface area contributed by atoms with E-state index in [2.05, 4.69) is 50.9 Å². The van der Waals surface area contributed by atoms with Gasteiger partial charge in [0.25, 0.3) is 0 Å². The molecule has 0 fully saturated rings. The van der Waals surface area contributed by atoms with Gasteiger partial charge in [-0.25, -0.2) is 4.99 Å². The van der Waals surface area contributed by atoms with E-state index in [1.807, 2.05) is 34.9 Å². The molecule has 1 aliphatic heterocycles. The molecule has 0 bridgehead atoms. The van der Waals surface area contributed by atoms with E-state index in [9.17, 15) is 0 Å². The number of guanidine groups is 1. The molecule has 0 spiro atoms. The van der Waals surface area contributed by atoms with E-state index in [4.69, 9.17) is 4.74 Å². The maximum atomic E-state index is 5.58. The van der Waals surface area contributed by atoms with Gasteiger partial charge in [0.15, 0.2) is 11.8 Å². The molecule has 3 aromatic rings. The number of benzene rings is 2. The van der Waals surface area contributed by atoms with Crippen molar-refractivity contribution in [3.05, 3.63) is 71.8 Å². The lowest BCUT2D eigenvalue weighted by atomic mass is 10.1. The highest BCUT2D eigenvalue weighted by Crippen LogP contribution is 2.25. The lowest BCUT2D eigenvalue weighted by Gasteiger charge is -2.12. The number of nitrogens with one attached hydrogen (secondary N) is 2. The van der Waals surface area contributed by atoms with Crippen molar-refractivity contribution in [3.63, 3.8) is 0 Å². The van der Waals surface area contributed by atoms with Crippen LogP contribution in [-0.4, -0.2) is 40.4 Å². The molecule has 2 N–H and O–H groups in total. The molecule has 1 aliphatic rings. The summed E-state index contributed by atoms with van der Waals surface area (Å²) in [6.07, 6.45) is 3.65. The second-order valence-electron chi connectivity index (χ2n) is 6.87. The number of rotatable bonds is 7. The summed E-state index contributed by atoms with van der Waals surface area (Å²) in [5.74, 6) is 2.60. The fourth-order valence-corrected chi connectivity index (χ4v) is 3.38. The average Bonchev–Trinajstić information content (AvgIpc) is 3.41. The number of hydrogen-bond donors (Lipinski definition) is 2. The van der Waals surface area contributed by atoms with Crippen LogP contribution < -0.4 is 15.4 Å². The maximum Gasteiger partial charge on any atom is 0.191 e. The van der Waals surface area contributed by atoms with E-state index in [1.54, 1.807) is 6.33 Å². The van der Waals surface area contributed by atoms with Crippen molar-refractivity contribution in [2.75, 3.05) is 19.7 Å². The molecule has 0 aliphatic carbocycles. The summed E-state index contributed by atoms with van der Waals surface area (Å²) in [5, 5.41) is 15.0. The molecule has 0 unspecified atom stereocenters. The summed E-state index contributed by atoms with van der Waals surface area (Å²) in [4.78, 5) is 4.68. The monoisotopic (exact) mass is 518 g/mol. The van der Waals surface area contributed by atoms with E-state index in [-0.39, 0.29) is 24.0 Å². The Labute approximate surface area is 194 Å².